The summed E-state index contributed by atoms with van der Waals surface area (Å²) >= 11 is 0. The van der Waals surface area contributed by atoms with Crippen LogP contribution < -0.4 is 10.7 Å². The van der Waals surface area contributed by atoms with Gasteiger partial charge in [-0.15, -0.1) is 0 Å². The number of pyridine rings is 1. The molecule has 1 amide bonds. The third-order valence-corrected chi connectivity index (χ3v) is 3.72. The van der Waals surface area contributed by atoms with E-state index in [-0.39, 0.29) is 29.7 Å². The molecule has 1 aromatic heterocycles. The van der Waals surface area contributed by atoms with E-state index in [0.717, 1.165) is 0 Å². The molecule has 1 unspecified atom stereocenters. The topological polar surface area (TPSA) is 77.4 Å². The molecule has 6 nitrogen and oxygen atoms in total. The summed E-state index contributed by atoms with van der Waals surface area (Å²) < 4.78 is 6.77. The lowest BCUT2D eigenvalue weighted by Gasteiger charge is -2.16. The van der Waals surface area contributed by atoms with Gasteiger partial charge >= 0.3 is 5.97 Å². The molecule has 0 bridgehead atoms. The number of ether oxygens (including phenoxy) is 1. The van der Waals surface area contributed by atoms with E-state index in [4.69, 9.17) is 4.74 Å². The third kappa shape index (κ3) is 3.82. The lowest BCUT2D eigenvalue weighted by Crippen LogP contribution is -2.35. The van der Waals surface area contributed by atoms with Gasteiger partial charge in [0.15, 0.2) is 5.43 Å². The number of carbonyl (C=O) groups excluding carboxylic acids is 2. The van der Waals surface area contributed by atoms with Crippen LogP contribution in [0.3, 0.4) is 0 Å². The number of nitrogens with one attached hydrogen (secondary N) is 1. The van der Waals surface area contributed by atoms with Crippen molar-refractivity contribution in [2.45, 2.75) is 26.9 Å². The van der Waals surface area contributed by atoms with Gasteiger partial charge in [0.1, 0.15) is 5.69 Å². The summed E-state index contributed by atoms with van der Waals surface area (Å²) in [7, 11) is 1.73. The van der Waals surface area contributed by atoms with Crippen molar-refractivity contribution >= 4 is 22.8 Å². The molecule has 2 aromatic rings. The summed E-state index contributed by atoms with van der Waals surface area (Å²) in [5.41, 5.74) is 0.728. The summed E-state index contributed by atoms with van der Waals surface area (Å²) in [4.78, 5) is 36.3. The molecule has 0 saturated carbocycles. The Hall–Kier alpha value is -2.63. The fourth-order valence-corrected chi connectivity index (χ4v) is 2.39. The number of aryl methyl sites for hydroxylation is 1. The van der Waals surface area contributed by atoms with Crippen LogP contribution >= 0.6 is 0 Å². The Labute approximate surface area is 140 Å². The second kappa shape index (κ2) is 7.29. The lowest BCUT2D eigenvalue weighted by molar-refractivity contribution is -0.151. The minimum absolute atomic E-state index is 0.144. The monoisotopic (exact) mass is 330 g/mol. The molecule has 0 aliphatic carbocycles. The molecule has 0 saturated heterocycles. The lowest BCUT2D eigenvalue weighted by atomic mass is 10.1. The molecular formula is C18H22N2O4. The van der Waals surface area contributed by atoms with Crippen LogP contribution in [0.4, 0.5) is 0 Å². The van der Waals surface area contributed by atoms with Gasteiger partial charge < -0.3 is 14.6 Å². The van der Waals surface area contributed by atoms with Crippen LogP contribution in [0.2, 0.25) is 0 Å². The Kier molecular flexibility index (Phi) is 5.39. The Balaban J connectivity index is 2.16. The van der Waals surface area contributed by atoms with Crippen molar-refractivity contribution in [2.24, 2.45) is 13.0 Å². The van der Waals surface area contributed by atoms with Crippen molar-refractivity contribution in [3.05, 3.63) is 46.2 Å². The zero-order chi connectivity index (χ0) is 17.9. The largest absolute Gasteiger partial charge is 0.463 e. The number of rotatable bonds is 5. The maximum Gasteiger partial charge on any atom is 0.310 e. The summed E-state index contributed by atoms with van der Waals surface area (Å²) in [6.07, 6.45) is -0.197. The first kappa shape index (κ1) is 17.7. The highest BCUT2D eigenvalue weighted by Crippen LogP contribution is 2.11. The van der Waals surface area contributed by atoms with E-state index in [1.54, 1.807) is 50.6 Å². The van der Waals surface area contributed by atoms with E-state index in [9.17, 15) is 14.4 Å². The number of benzene rings is 1. The molecule has 6 heteroatoms. The molecule has 1 aromatic carbocycles. The van der Waals surface area contributed by atoms with Gasteiger partial charge in [-0.1, -0.05) is 19.1 Å². The molecule has 24 heavy (non-hydrogen) atoms. The normalized spacial score (nSPS) is 12.2. The summed E-state index contributed by atoms with van der Waals surface area (Å²) in [5, 5.41) is 3.25. The maximum absolute atomic E-state index is 12.4. The van der Waals surface area contributed by atoms with Crippen LogP contribution in [-0.2, 0) is 16.6 Å². The van der Waals surface area contributed by atoms with Crippen LogP contribution in [0.15, 0.2) is 35.1 Å². The highest BCUT2D eigenvalue weighted by atomic mass is 16.5. The second-order valence-electron chi connectivity index (χ2n) is 6.07. The van der Waals surface area contributed by atoms with Crippen LogP contribution in [0.1, 0.15) is 31.3 Å². The van der Waals surface area contributed by atoms with Gasteiger partial charge in [-0.3, -0.25) is 14.4 Å². The van der Waals surface area contributed by atoms with Crippen LogP contribution in [0, 0.1) is 5.92 Å². The fourth-order valence-electron chi connectivity index (χ4n) is 2.39. The van der Waals surface area contributed by atoms with Crippen LogP contribution in [0.5, 0.6) is 0 Å². The molecule has 1 atom stereocenters. The van der Waals surface area contributed by atoms with E-state index in [0.29, 0.717) is 10.9 Å². The third-order valence-electron chi connectivity index (χ3n) is 3.72. The van der Waals surface area contributed by atoms with E-state index in [1.807, 2.05) is 6.07 Å². The van der Waals surface area contributed by atoms with Gasteiger partial charge in [0, 0.05) is 25.0 Å². The molecule has 1 N–H and O–H groups in total. The maximum atomic E-state index is 12.4. The van der Waals surface area contributed by atoms with E-state index in [2.05, 4.69) is 5.32 Å². The average Bonchev–Trinajstić information content (AvgIpc) is 2.55. The molecule has 0 spiro atoms. The molecule has 0 aliphatic rings. The van der Waals surface area contributed by atoms with Crippen molar-refractivity contribution < 1.29 is 14.3 Å². The van der Waals surface area contributed by atoms with Gasteiger partial charge in [0.25, 0.3) is 5.91 Å². The van der Waals surface area contributed by atoms with E-state index < -0.39 is 11.8 Å². The number of aromatic nitrogens is 1. The molecule has 128 valence electrons. The van der Waals surface area contributed by atoms with Crippen molar-refractivity contribution in [1.29, 1.82) is 0 Å². The first-order valence-corrected chi connectivity index (χ1v) is 7.88. The SMILES string of the molecule is CC(C)OC(=O)C(C)CNC(=O)c1cc(=O)c2ccccc2n1C. The number of hydrogen-bond acceptors (Lipinski definition) is 4. The Morgan fingerprint density at radius 3 is 2.54 bits per heavy atom. The molecule has 0 radical (unpaired) electrons. The second-order valence-corrected chi connectivity index (χ2v) is 6.07. The fraction of sp³-hybridized carbons (Fsp3) is 0.389. The predicted octanol–water partition coefficient (Wildman–Crippen LogP) is 1.86. The van der Waals surface area contributed by atoms with E-state index in [1.165, 1.54) is 6.07 Å². The van der Waals surface area contributed by atoms with Gasteiger partial charge in [0.2, 0.25) is 0 Å². The molecule has 0 fully saturated rings. The number of para-hydroxylation sites is 1. The number of esters is 1. The predicted molar refractivity (Wildman–Crippen MR) is 91.9 cm³/mol. The Morgan fingerprint density at radius 2 is 1.88 bits per heavy atom. The van der Waals surface area contributed by atoms with Gasteiger partial charge in [-0.2, -0.15) is 0 Å². The zero-order valence-electron chi connectivity index (χ0n) is 14.3. The number of amides is 1. The number of carbonyl (C=O) groups is 2. The van der Waals surface area contributed by atoms with Crippen LogP contribution in [0.25, 0.3) is 10.9 Å². The van der Waals surface area contributed by atoms with Gasteiger partial charge in [-0.25, -0.2) is 0 Å². The first-order valence-electron chi connectivity index (χ1n) is 7.88. The smallest absolute Gasteiger partial charge is 0.310 e. The van der Waals surface area contributed by atoms with Crippen molar-refractivity contribution in [3.63, 3.8) is 0 Å². The summed E-state index contributed by atoms with van der Waals surface area (Å²) in [5.74, 6) is -1.23. The molecular weight excluding hydrogens is 308 g/mol. The molecule has 0 aliphatic heterocycles. The van der Waals surface area contributed by atoms with Crippen molar-refractivity contribution in [1.82, 2.24) is 9.88 Å². The number of nitrogens with zero attached hydrogens (tertiary/aromatic N) is 1. The van der Waals surface area contributed by atoms with Crippen molar-refractivity contribution in [3.8, 4) is 0 Å². The summed E-state index contributed by atoms with van der Waals surface area (Å²) in [6, 6.07) is 8.42. The minimum Gasteiger partial charge on any atom is -0.463 e. The summed E-state index contributed by atoms with van der Waals surface area (Å²) in [6.45, 7) is 5.37. The van der Waals surface area contributed by atoms with Crippen LogP contribution in [-0.4, -0.2) is 29.1 Å². The Bertz CT molecular complexity index is 823. The highest BCUT2D eigenvalue weighted by molar-refractivity contribution is 5.95. The van der Waals surface area contributed by atoms with Crippen molar-refractivity contribution in [2.75, 3.05) is 6.54 Å². The zero-order valence-corrected chi connectivity index (χ0v) is 14.3. The minimum atomic E-state index is -0.464. The first-order chi connectivity index (χ1) is 11.3. The average molecular weight is 330 g/mol. The molecule has 2 rings (SSSR count). The van der Waals surface area contributed by atoms with Gasteiger partial charge in [0.05, 0.1) is 17.5 Å². The standard InChI is InChI=1S/C18H22N2O4/c1-11(2)24-18(23)12(3)10-19-17(22)15-9-16(21)13-7-5-6-8-14(13)20(15)4/h5-9,11-12H,10H2,1-4H3,(H,19,22). The van der Waals surface area contributed by atoms with E-state index >= 15 is 0 Å². The van der Waals surface area contributed by atoms with Gasteiger partial charge in [-0.05, 0) is 26.0 Å². The number of fused-ring (bicyclic) bond motifs is 1. The molecule has 1 heterocycles. The number of hydrogen-bond donors (Lipinski definition) is 1. The Morgan fingerprint density at radius 1 is 1.21 bits per heavy atom. The highest BCUT2D eigenvalue weighted by Gasteiger charge is 2.18. The quantitative estimate of drug-likeness (QED) is 0.849.